The molecule has 2 rings (SSSR count). The summed E-state index contributed by atoms with van der Waals surface area (Å²) in [6.45, 7) is 5.54. The zero-order chi connectivity index (χ0) is 13.8. The van der Waals surface area contributed by atoms with E-state index in [4.69, 9.17) is 5.73 Å². The molecule has 0 aliphatic carbocycles. The van der Waals surface area contributed by atoms with Gasteiger partial charge in [-0.3, -0.25) is 4.79 Å². The monoisotopic (exact) mass is 278 g/mol. The molecule has 2 aromatic heterocycles. The zero-order valence-corrected chi connectivity index (χ0v) is 12.0. The van der Waals surface area contributed by atoms with Crippen LogP contribution in [0.15, 0.2) is 12.4 Å². The number of nitrogen functional groups attached to an aromatic ring is 1. The molecule has 5 nitrogen and oxygen atoms in total. The predicted molar refractivity (Wildman–Crippen MR) is 78.3 cm³/mol. The Bertz CT molecular complexity index is 581. The molecule has 2 N–H and O–H groups in total. The molecule has 0 saturated heterocycles. The molecule has 19 heavy (non-hydrogen) atoms. The van der Waals surface area contributed by atoms with Gasteiger partial charge in [-0.15, -0.1) is 11.3 Å². The van der Waals surface area contributed by atoms with Gasteiger partial charge in [0.1, 0.15) is 15.2 Å². The summed E-state index contributed by atoms with van der Waals surface area (Å²) >= 11 is 1.32. The van der Waals surface area contributed by atoms with Crippen molar-refractivity contribution >= 4 is 33.3 Å². The van der Waals surface area contributed by atoms with Gasteiger partial charge >= 0.3 is 0 Å². The lowest BCUT2D eigenvalue weighted by Crippen LogP contribution is -2.31. The van der Waals surface area contributed by atoms with Gasteiger partial charge in [-0.2, -0.15) is 0 Å². The van der Waals surface area contributed by atoms with E-state index >= 15 is 0 Å². The third-order valence-electron chi connectivity index (χ3n) is 3.01. The lowest BCUT2D eigenvalue weighted by atomic mass is 10.2. The Morgan fingerprint density at radius 2 is 2.11 bits per heavy atom. The van der Waals surface area contributed by atoms with E-state index in [0.29, 0.717) is 22.6 Å². The van der Waals surface area contributed by atoms with Crippen LogP contribution in [-0.4, -0.2) is 33.9 Å². The number of amides is 1. The van der Waals surface area contributed by atoms with E-state index in [2.05, 4.69) is 16.9 Å². The molecule has 0 atom stereocenters. The highest BCUT2D eigenvalue weighted by Gasteiger charge is 2.21. The van der Waals surface area contributed by atoms with E-state index < -0.39 is 0 Å². The minimum Gasteiger partial charge on any atom is -0.396 e. The summed E-state index contributed by atoms with van der Waals surface area (Å²) in [4.78, 5) is 24.0. The number of anilines is 1. The van der Waals surface area contributed by atoms with Gasteiger partial charge in [-0.1, -0.05) is 13.3 Å². The van der Waals surface area contributed by atoms with Gasteiger partial charge in [-0.25, -0.2) is 9.97 Å². The molecule has 0 radical (unpaired) electrons. The SMILES string of the molecule is CCCCN(CC)C(=O)c1sc2nccnc2c1N. The maximum atomic E-state index is 12.5. The van der Waals surface area contributed by atoms with Gasteiger partial charge in [0.15, 0.2) is 0 Å². The molecule has 0 unspecified atom stereocenters. The number of carbonyl (C=O) groups is 1. The van der Waals surface area contributed by atoms with E-state index in [0.717, 1.165) is 24.2 Å². The van der Waals surface area contributed by atoms with Crippen LogP contribution in [0.2, 0.25) is 0 Å². The molecule has 2 aromatic rings. The van der Waals surface area contributed by atoms with Gasteiger partial charge in [0.2, 0.25) is 0 Å². The second-order valence-electron chi connectivity index (χ2n) is 4.29. The highest BCUT2D eigenvalue weighted by Crippen LogP contribution is 2.31. The molecule has 6 heteroatoms. The van der Waals surface area contributed by atoms with Crippen LogP contribution in [0.1, 0.15) is 36.4 Å². The van der Waals surface area contributed by atoms with Crippen molar-refractivity contribution in [3.8, 4) is 0 Å². The maximum absolute atomic E-state index is 12.5. The second kappa shape index (κ2) is 5.97. The topological polar surface area (TPSA) is 72.1 Å². The van der Waals surface area contributed by atoms with Crippen LogP contribution in [0.25, 0.3) is 10.3 Å². The Kier molecular flexibility index (Phi) is 4.31. The number of unbranched alkanes of at least 4 members (excludes halogenated alkanes) is 1. The molecule has 1 amide bonds. The molecule has 2 heterocycles. The molecule has 0 fully saturated rings. The summed E-state index contributed by atoms with van der Waals surface area (Å²) in [5, 5.41) is 0. The number of hydrogen-bond acceptors (Lipinski definition) is 5. The normalized spacial score (nSPS) is 10.8. The largest absolute Gasteiger partial charge is 0.396 e. The van der Waals surface area contributed by atoms with Gasteiger partial charge in [0, 0.05) is 25.5 Å². The fraction of sp³-hybridized carbons (Fsp3) is 0.462. The number of rotatable bonds is 5. The first-order valence-electron chi connectivity index (χ1n) is 6.47. The van der Waals surface area contributed by atoms with Crippen LogP contribution in [0.5, 0.6) is 0 Å². The maximum Gasteiger partial charge on any atom is 0.266 e. The standard InChI is InChI=1S/C13H18N4OS/c1-3-5-8-17(4-2)13(18)11-9(14)10-12(19-11)16-7-6-15-10/h6-7H,3-5,8,14H2,1-2H3. The van der Waals surface area contributed by atoms with Crippen LogP contribution in [0, 0.1) is 0 Å². The number of nitrogens with two attached hydrogens (primary N) is 1. The summed E-state index contributed by atoms with van der Waals surface area (Å²) in [7, 11) is 0. The Hall–Kier alpha value is -1.69. The molecule has 0 saturated carbocycles. The fourth-order valence-electron chi connectivity index (χ4n) is 1.90. The van der Waals surface area contributed by atoms with Crippen LogP contribution in [0.4, 0.5) is 5.69 Å². The molecule has 0 spiro atoms. The summed E-state index contributed by atoms with van der Waals surface area (Å²) in [5.41, 5.74) is 7.10. The Balaban J connectivity index is 2.32. The van der Waals surface area contributed by atoms with Crippen LogP contribution >= 0.6 is 11.3 Å². The van der Waals surface area contributed by atoms with Crippen molar-refractivity contribution in [2.45, 2.75) is 26.7 Å². The van der Waals surface area contributed by atoms with Crippen molar-refractivity contribution in [3.05, 3.63) is 17.3 Å². The Morgan fingerprint density at radius 1 is 1.37 bits per heavy atom. The fourth-order valence-corrected chi connectivity index (χ4v) is 2.89. The average molecular weight is 278 g/mol. The third-order valence-corrected chi connectivity index (χ3v) is 4.10. The first-order valence-corrected chi connectivity index (χ1v) is 7.28. The zero-order valence-electron chi connectivity index (χ0n) is 11.2. The number of aromatic nitrogens is 2. The van der Waals surface area contributed by atoms with E-state index in [1.807, 2.05) is 11.8 Å². The molecular weight excluding hydrogens is 260 g/mol. The highest BCUT2D eigenvalue weighted by atomic mass is 32.1. The van der Waals surface area contributed by atoms with Crippen molar-refractivity contribution in [2.24, 2.45) is 0 Å². The number of hydrogen-bond donors (Lipinski definition) is 1. The number of nitrogens with zero attached hydrogens (tertiary/aromatic N) is 3. The highest BCUT2D eigenvalue weighted by molar-refractivity contribution is 7.21. The minimum absolute atomic E-state index is 0.0155. The summed E-state index contributed by atoms with van der Waals surface area (Å²) in [6, 6.07) is 0. The predicted octanol–water partition coefficient (Wildman–Crippen LogP) is 2.54. The molecule has 0 aliphatic heterocycles. The minimum atomic E-state index is -0.0155. The van der Waals surface area contributed by atoms with Crippen LogP contribution in [-0.2, 0) is 0 Å². The quantitative estimate of drug-likeness (QED) is 0.912. The Morgan fingerprint density at radius 3 is 2.74 bits per heavy atom. The Labute approximate surface area is 116 Å². The summed E-state index contributed by atoms with van der Waals surface area (Å²) < 4.78 is 0. The molecule has 0 bridgehead atoms. The smallest absolute Gasteiger partial charge is 0.266 e. The van der Waals surface area contributed by atoms with Crippen LogP contribution in [0.3, 0.4) is 0 Å². The first kappa shape index (κ1) is 13.7. The van der Waals surface area contributed by atoms with E-state index in [1.165, 1.54) is 11.3 Å². The van der Waals surface area contributed by atoms with Crippen LogP contribution < -0.4 is 5.73 Å². The van der Waals surface area contributed by atoms with Gasteiger partial charge in [0.05, 0.1) is 5.69 Å². The molecule has 0 aliphatic rings. The number of thiophene rings is 1. The van der Waals surface area contributed by atoms with Gasteiger partial charge < -0.3 is 10.6 Å². The van der Waals surface area contributed by atoms with Crippen molar-refractivity contribution in [1.82, 2.24) is 14.9 Å². The number of fused-ring (bicyclic) bond motifs is 1. The third kappa shape index (κ3) is 2.68. The second-order valence-corrected chi connectivity index (χ2v) is 5.29. The van der Waals surface area contributed by atoms with Crippen molar-refractivity contribution in [2.75, 3.05) is 18.8 Å². The van der Waals surface area contributed by atoms with Gasteiger partial charge in [-0.05, 0) is 13.3 Å². The van der Waals surface area contributed by atoms with Crippen molar-refractivity contribution in [3.63, 3.8) is 0 Å². The lowest BCUT2D eigenvalue weighted by Gasteiger charge is -2.19. The number of carbonyl (C=O) groups excluding carboxylic acids is 1. The van der Waals surface area contributed by atoms with Crippen molar-refractivity contribution in [1.29, 1.82) is 0 Å². The molecular formula is C13H18N4OS. The van der Waals surface area contributed by atoms with E-state index in [9.17, 15) is 4.79 Å². The average Bonchev–Trinajstić information content (AvgIpc) is 2.77. The summed E-state index contributed by atoms with van der Waals surface area (Å²) in [6.07, 6.45) is 5.27. The molecule has 0 aromatic carbocycles. The van der Waals surface area contributed by atoms with Crippen molar-refractivity contribution < 1.29 is 4.79 Å². The first-order chi connectivity index (χ1) is 9.19. The van der Waals surface area contributed by atoms with E-state index in [-0.39, 0.29) is 5.91 Å². The molecule has 102 valence electrons. The lowest BCUT2D eigenvalue weighted by molar-refractivity contribution is 0.0768. The summed E-state index contributed by atoms with van der Waals surface area (Å²) in [5.74, 6) is -0.0155. The van der Waals surface area contributed by atoms with Gasteiger partial charge in [0.25, 0.3) is 5.91 Å². The van der Waals surface area contributed by atoms with E-state index in [1.54, 1.807) is 12.4 Å².